The Balaban J connectivity index is 2.22. The molecule has 21 heavy (non-hydrogen) atoms. The van der Waals surface area contributed by atoms with Crippen LogP contribution in [0.4, 0.5) is 11.4 Å². The Hall–Kier alpha value is -2.41. The highest BCUT2D eigenvalue weighted by Crippen LogP contribution is 2.17. The summed E-state index contributed by atoms with van der Waals surface area (Å²) in [5.74, 6) is -0.370. The number of nitrogen functional groups attached to an aromatic ring is 1. The van der Waals surface area contributed by atoms with E-state index in [2.05, 4.69) is 10.3 Å². The standard InChI is InChI=1S/C14H15N3O3S/c1-9-3-5-12(15)11(7-9)14(18)17-10-4-6-13(16-8-10)21(2,19)20/h3-8H,15H2,1-2H3,(H,17,18). The normalized spacial score (nSPS) is 11.1. The fourth-order valence-electron chi connectivity index (χ4n) is 1.74. The van der Waals surface area contributed by atoms with Gasteiger partial charge in [0.2, 0.25) is 0 Å². The number of benzene rings is 1. The highest BCUT2D eigenvalue weighted by atomic mass is 32.2. The highest BCUT2D eigenvalue weighted by molar-refractivity contribution is 7.90. The second-order valence-electron chi connectivity index (χ2n) is 4.70. The first-order chi connectivity index (χ1) is 9.77. The van der Waals surface area contributed by atoms with Gasteiger partial charge in [-0.25, -0.2) is 13.4 Å². The summed E-state index contributed by atoms with van der Waals surface area (Å²) in [6, 6.07) is 7.98. The van der Waals surface area contributed by atoms with E-state index in [9.17, 15) is 13.2 Å². The minimum atomic E-state index is -3.36. The number of rotatable bonds is 3. The van der Waals surface area contributed by atoms with E-state index in [1.165, 1.54) is 18.3 Å². The van der Waals surface area contributed by atoms with Gasteiger partial charge in [-0.05, 0) is 31.2 Å². The molecule has 0 radical (unpaired) electrons. The van der Waals surface area contributed by atoms with Crippen molar-refractivity contribution < 1.29 is 13.2 Å². The molecule has 1 aromatic heterocycles. The van der Waals surface area contributed by atoms with Gasteiger partial charge in [-0.3, -0.25) is 4.79 Å². The molecular formula is C14H15N3O3S. The van der Waals surface area contributed by atoms with Crippen molar-refractivity contribution in [2.45, 2.75) is 11.9 Å². The van der Waals surface area contributed by atoms with Crippen molar-refractivity contribution >= 4 is 27.1 Å². The van der Waals surface area contributed by atoms with E-state index in [0.717, 1.165) is 11.8 Å². The van der Waals surface area contributed by atoms with Crippen molar-refractivity contribution in [2.75, 3.05) is 17.3 Å². The number of hydrogen-bond donors (Lipinski definition) is 2. The molecule has 110 valence electrons. The molecule has 1 heterocycles. The maximum atomic E-state index is 12.1. The Kier molecular flexibility index (Phi) is 3.95. The van der Waals surface area contributed by atoms with Gasteiger partial charge < -0.3 is 11.1 Å². The Morgan fingerprint density at radius 2 is 1.95 bits per heavy atom. The maximum absolute atomic E-state index is 12.1. The molecule has 0 aliphatic carbocycles. The van der Waals surface area contributed by atoms with E-state index in [1.807, 2.05) is 13.0 Å². The van der Waals surface area contributed by atoms with Gasteiger partial charge >= 0.3 is 0 Å². The lowest BCUT2D eigenvalue weighted by Crippen LogP contribution is -2.14. The van der Waals surface area contributed by atoms with Crippen molar-refractivity contribution in [3.05, 3.63) is 47.7 Å². The van der Waals surface area contributed by atoms with Crippen LogP contribution in [0.25, 0.3) is 0 Å². The molecule has 0 saturated carbocycles. The molecule has 0 aliphatic heterocycles. The van der Waals surface area contributed by atoms with E-state index in [4.69, 9.17) is 5.73 Å². The Bertz CT molecular complexity index is 784. The number of amides is 1. The summed E-state index contributed by atoms with van der Waals surface area (Å²) in [6.07, 6.45) is 2.36. The van der Waals surface area contributed by atoms with Crippen LogP contribution in [-0.4, -0.2) is 25.6 Å². The lowest BCUT2D eigenvalue weighted by atomic mass is 10.1. The summed E-state index contributed by atoms with van der Waals surface area (Å²) in [7, 11) is -3.36. The molecule has 6 nitrogen and oxygen atoms in total. The number of sulfone groups is 1. The SMILES string of the molecule is Cc1ccc(N)c(C(=O)Nc2ccc(S(C)(=O)=O)nc2)c1. The zero-order chi connectivity index (χ0) is 15.6. The third-order valence-electron chi connectivity index (χ3n) is 2.83. The van der Waals surface area contributed by atoms with Gasteiger partial charge in [0.15, 0.2) is 14.9 Å². The summed E-state index contributed by atoms with van der Waals surface area (Å²) in [6.45, 7) is 1.86. The molecule has 0 bridgehead atoms. The minimum absolute atomic E-state index is 0.0458. The highest BCUT2D eigenvalue weighted by Gasteiger charge is 2.12. The van der Waals surface area contributed by atoms with Crippen LogP contribution in [0, 0.1) is 6.92 Å². The number of anilines is 2. The molecule has 0 unspecified atom stereocenters. The largest absolute Gasteiger partial charge is 0.398 e. The van der Waals surface area contributed by atoms with Crippen LogP contribution < -0.4 is 11.1 Å². The van der Waals surface area contributed by atoms with Crippen LogP contribution in [0.15, 0.2) is 41.6 Å². The molecule has 0 saturated heterocycles. The topological polar surface area (TPSA) is 102 Å². The first-order valence-electron chi connectivity index (χ1n) is 6.11. The van der Waals surface area contributed by atoms with Crippen LogP contribution in [0.1, 0.15) is 15.9 Å². The van der Waals surface area contributed by atoms with Crippen LogP contribution >= 0.6 is 0 Å². The third kappa shape index (κ3) is 3.57. The Morgan fingerprint density at radius 3 is 2.52 bits per heavy atom. The van der Waals surface area contributed by atoms with Gasteiger partial charge in [0.25, 0.3) is 5.91 Å². The Morgan fingerprint density at radius 1 is 1.24 bits per heavy atom. The fourth-order valence-corrected chi connectivity index (χ4v) is 2.30. The van der Waals surface area contributed by atoms with E-state index < -0.39 is 9.84 Å². The van der Waals surface area contributed by atoms with Gasteiger partial charge in [-0.15, -0.1) is 0 Å². The maximum Gasteiger partial charge on any atom is 0.257 e. The van der Waals surface area contributed by atoms with Crippen LogP contribution in [0.2, 0.25) is 0 Å². The van der Waals surface area contributed by atoms with Crippen LogP contribution in [0.5, 0.6) is 0 Å². The first-order valence-corrected chi connectivity index (χ1v) is 8.00. The quantitative estimate of drug-likeness (QED) is 0.839. The van der Waals surface area contributed by atoms with Crippen molar-refractivity contribution in [2.24, 2.45) is 0 Å². The fraction of sp³-hybridized carbons (Fsp3) is 0.143. The van der Waals surface area contributed by atoms with E-state index in [1.54, 1.807) is 12.1 Å². The molecule has 0 aliphatic rings. The van der Waals surface area contributed by atoms with E-state index in [0.29, 0.717) is 16.9 Å². The van der Waals surface area contributed by atoms with Crippen molar-refractivity contribution in [3.63, 3.8) is 0 Å². The van der Waals surface area contributed by atoms with Gasteiger partial charge in [-0.1, -0.05) is 11.6 Å². The van der Waals surface area contributed by atoms with Gasteiger partial charge in [0.05, 0.1) is 17.4 Å². The molecular weight excluding hydrogens is 290 g/mol. The third-order valence-corrected chi connectivity index (χ3v) is 3.83. The molecule has 0 fully saturated rings. The van der Waals surface area contributed by atoms with E-state index in [-0.39, 0.29) is 10.9 Å². The number of aromatic nitrogens is 1. The number of carbonyl (C=O) groups is 1. The molecule has 2 rings (SSSR count). The minimum Gasteiger partial charge on any atom is -0.398 e. The number of nitrogens with two attached hydrogens (primary N) is 1. The number of aryl methyl sites for hydroxylation is 1. The van der Waals surface area contributed by atoms with Crippen molar-refractivity contribution in [3.8, 4) is 0 Å². The predicted molar refractivity (Wildman–Crippen MR) is 80.9 cm³/mol. The second kappa shape index (κ2) is 5.53. The molecule has 3 N–H and O–H groups in total. The zero-order valence-electron chi connectivity index (χ0n) is 11.6. The molecule has 0 spiro atoms. The summed E-state index contributed by atoms with van der Waals surface area (Å²) < 4.78 is 22.6. The average Bonchev–Trinajstić information content (AvgIpc) is 2.41. The van der Waals surface area contributed by atoms with E-state index >= 15 is 0 Å². The molecule has 2 aromatic rings. The smallest absolute Gasteiger partial charge is 0.257 e. The number of nitrogens with zero attached hydrogens (tertiary/aromatic N) is 1. The number of hydrogen-bond acceptors (Lipinski definition) is 5. The zero-order valence-corrected chi connectivity index (χ0v) is 12.4. The first kappa shape index (κ1) is 15.0. The van der Waals surface area contributed by atoms with Gasteiger partial charge in [0.1, 0.15) is 0 Å². The lowest BCUT2D eigenvalue weighted by molar-refractivity contribution is 0.102. The average molecular weight is 305 g/mol. The van der Waals surface area contributed by atoms with Crippen LogP contribution in [-0.2, 0) is 9.84 Å². The molecule has 1 aromatic carbocycles. The molecule has 0 atom stereocenters. The number of carbonyl (C=O) groups excluding carboxylic acids is 1. The predicted octanol–water partition coefficient (Wildman–Crippen LogP) is 1.63. The van der Waals surface area contributed by atoms with Crippen LogP contribution in [0.3, 0.4) is 0 Å². The van der Waals surface area contributed by atoms with Gasteiger partial charge in [-0.2, -0.15) is 0 Å². The number of nitrogens with one attached hydrogen (secondary N) is 1. The molecule has 1 amide bonds. The van der Waals surface area contributed by atoms with Crippen molar-refractivity contribution in [1.29, 1.82) is 0 Å². The summed E-state index contributed by atoms with van der Waals surface area (Å²) in [4.78, 5) is 15.9. The summed E-state index contributed by atoms with van der Waals surface area (Å²) >= 11 is 0. The number of pyridine rings is 1. The second-order valence-corrected chi connectivity index (χ2v) is 6.66. The van der Waals surface area contributed by atoms with Crippen molar-refractivity contribution in [1.82, 2.24) is 4.98 Å². The van der Waals surface area contributed by atoms with Gasteiger partial charge in [0, 0.05) is 11.9 Å². The lowest BCUT2D eigenvalue weighted by Gasteiger charge is -2.08. The summed E-state index contributed by atoms with van der Waals surface area (Å²) in [5, 5.41) is 2.58. The summed E-state index contributed by atoms with van der Waals surface area (Å²) in [5.41, 5.74) is 7.82. The molecule has 7 heteroatoms. The Labute approximate surface area is 122 Å². The monoisotopic (exact) mass is 305 g/mol.